The van der Waals surface area contributed by atoms with Gasteiger partial charge in [0, 0.05) is 0 Å². The molecule has 0 bridgehead atoms. The number of carbonyl (C=O) groups is 1. The Morgan fingerprint density at radius 1 is 1.22 bits per heavy atom. The zero-order valence-electron chi connectivity index (χ0n) is 10.7. The first-order valence-electron chi connectivity index (χ1n) is 5.58. The van der Waals surface area contributed by atoms with E-state index < -0.39 is 6.04 Å². The van der Waals surface area contributed by atoms with Crippen molar-refractivity contribution in [3.63, 3.8) is 0 Å². The van der Waals surface area contributed by atoms with Crippen molar-refractivity contribution < 1.29 is 9.53 Å². The van der Waals surface area contributed by atoms with Crippen molar-refractivity contribution in [2.45, 2.75) is 26.3 Å². The van der Waals surface area contributed by atoms with Gasteiger partial charge < -0.3 is 10.5 Å². The summed E-state index contributed by atoms with van der Waals surface area (Å²) in [4.78, 5) is 11.6. The Kier molecular flexibility index (Phi) is 11.1. The van der Waals surface area contributed by atoms with Gasteiger partial charge in [-0.25, -0.2) is 4.79 Å². The van der Waals surface area contributed by atoms with Gasteiger partial charge in [0.2, 0.25) is 0 Å². The van der Waals surface area contributed by atoms with E-state index in [-0.39, 0.29) is 30.8 Å². The molecule has 18 heavy (non-hydrogen) atoms. The first kappa shape index (κ1) is 19.6. The second-order valence-electron chi connectivity index (χ2n) is 4.24. The van der Waals surface area contributed by atoms with Crippen molar-refractivity contribution in [3.8, 4) is 0 Å². The molecule has 104 valence electrons. The quantitative estimate of drug-likeness (QED) is 0.849. The van der Waals surface area contributed by atoms with Gasteiger partial charge in [-0.1, -0.05) is 44.2 Å². The lowest BCUT2D eigenvalue weighted by Gasteiger charge is -2.12. The fourth-order valence-electron chi connectivity index (χ4n) is 1.28. The van der Waals surface area contributed by atoms with Crippen LogP contribution in [0.1, 0.15) is 31.9 Å². The zero-order valence-corrected chi connectivity index (χ0v) is 12.3. The van der Waals surface area contributed by atoms with Gasteiger partial charge in [0.15, 0.2) is 0 Å². The summed E-state index contributed by atoms with van der Waals surface area (Å²) in [6.07, 6.45) is 0.868. The molecule has 0 aromatic heterocycles. The average molecular weight is 294 g/mol. The summed E-state index contributed by atoms with van der Waals surface area (Å²) in [6, 6.07) is 8.59. The lowest BCUT2D eigenvalue weighted by molar-refractivity contribution is -0.145. The normalized spacial score (nSPS) is 11.1. The van der Waals surface area contributed by atoms with Crippen LogP contribution < -0.4 is 5.73 Å². The van der Waals surface area contributed by atoms with E-state index in [1.807, 2.05) is 30.3 Å². The van der Waals surface area contributed by atoms with Crippen molar-refractivity contribution in [2.24, 2.45) is 11.7 Å². The van der Waals surface area contributed by atoms with Gasteiger partial charge in [0.1, 0.15) is 6.04 Å². The molecule has 0 aliphatic heterocycles. The summed E-state index contributed by atoms with van der Waals surface area (Å²) >= 11 is 0. The second kappa shape index (κ2) is 10.2. The first-order chi connectivity index (χ1) is 7.61. The summed E-state index contributed by atoms with van der Waals surface area (Å²) in [6.45, 7) is 4.62. The predicted octanol–water partition coefficient (Wildman–Crippen LogP) is 3.12. The van der Waals surface area contributed by atoms with E-state index in [0.29, 0.717) is 12.5 Å². The van der Waals surface area contributed by atoms with Gasteiger partial charge in [0.25, 0.3) is 0 Å². The van der Waals surface area contributed by atoms with E-state index in [0.717, 1.165) is 12.0 Å². The monoisotopic (exact) mass is 293 g/mol. The Labute approximate surface area is 121 Å². The molecule has 1 rings (SSSR count). The number of rotatable bonds is 5. The molecular formula is C13H21Cl2NO2. The Balaban J connectivity index is 0. The molecule has 0 spiro atoms. The average Bonchev–Trinajstić information content (AvgIpc) is 2.28. The van der Waals surface area contributed by atoms with Gasteiger partial charge in [-0.15, -0.1) is 24.8 Å². The molecule has 2 N–H and O–H groups in total. The van der Waals surface area contributed by atoms with Gasteiger partial charge >= 0.3 is 5.97 Å². The number of carbonyl (C=O) groups excluding carboxylic acids is 1. The molecule has 3 nitrogen and oxygen atoms in total. The highest BCUT2D eigenvalue weighted by atomic mass is 35.5. The molecule has 1 unspecified atom stereocenters. The van der Waals surface area contributed by atoms with Gasteiger partial charge in [-0.2, -0.15) is 0 Å². The number of hydrogen-bond donors (Lipinski definition) is 1. The van der Waals surface area contributed by atoms with Crippen LogP contribution in [0.2, 0.25) is 0 Å². The predicted molar refractivity (Wildman–Crippen MR) is 78.3 cm³/mol. The summed E-state index contributed by atoms with van der Waals surface area (Å²) < 4.78 is 5.11. The molecule has 0 saturated heterocycles. The molecule has 0 heterocycles. The minimum absolute atomic E-state index is 0. The van der Waals surface area contributed by atoms with Crippen molar-refractivity contribution in [1.29, 1.82) is 0 Å². The van der Waals surface area contributed by atoms with Gasteiger partial charge in [-0.3, -0.25) is 0 Å². The fraction of sp³-hybridized carbons (Fsp3) is 0.462. The minimum atomic E-state index is -0.673. The summed E-state index contributed by atoms with van der Waals surface area (Å²) in [5, 5.41) is 0. The van der Waals surface area contributed by atoms with E-state index in [4.69, 9.17) is 10.5 Å². The van der Waals surface area contributed by atoms with Crippen LogP contribution in [0.4, 0.5) is 0 Å². The number of nitrogens with two attached hydrogens (primary N) is 1. The number of halogens is 2. The topological polar surface area (TPSA) is 52.3 Å². The van der Waals surface area contributed by atoms with Crippen molar-refractivity contribution in [2.75, 3.05) is 6.61 Å². The molecule has 1 aromatic carbocycles. The number of ether oxygens (including phenoxy) is 1. The molecule has 0 aliphatic carbocycles. The van der Waals surface area contributed by atoms with E-state index in [1.165, 1.54) is 0 Å². The fourth-order valence-corrected chi connectivity index (χ4v) is 1.28. The maximum absolute atomic E-state index is 11.6. The third kappa shape index (κ3) is 6.84. The second-order valence-corrected chi connectivity index (χ2v) is 4.24. The third-order valence-electron chi connectivity index (χ3n) is 2.35. The zero-order chi connectivity index (χ0) is 12.0. The highest BCUT2D eigenvalue weighted by Crippen LogP contribution is 2.11. The molecule has 5 heteroatoms. The highest BCUT2D eigenvalue weighted by molar-refractivity contribution is 5.85. The lowest BCUT2D eigenvalue weighted by atomic mass is 10.1. The Hall–Kier alpha value is -0.770. The maximum atomic E-state index is 11.6. The van der Waals surface area contributed by atoms with Crippen LogP contribution in [0.5, 0.6) is 0 Å². The third-order valence-corrected chi connectivity index (χ3v) is 2.35. The van der Waals surface area contributed by atoms with Gasteiger partial charge in [-0.05, 0) is 17.9 Å². The number of esters is 1. The summed E-state index contributed by atoms with van der Waals surface area (Å²) in [5.41, 5.74) is 6.57. The molecule has 0 amide bonds. The first-order valence-corrected chi connectivity index (χ1v) is 5.58. The number of hydrogen-bond acceptors (Lipinski definition) is 3. The van der Waals surface area contributed by atoms with Crippen molar-refractivity contribution >= 4 is 30.8 Å². The standard InChI is InChI=1S/C13H19NO2.2ClH/c1-10(2)8-9-16-13(15)12(14)11-6-4-3-5-7-11;;/h3-7,10,12H,8-9,14H2,1-2H3;2*1H. The molecule has 1 atom stereocenters. The Morgan fingerprint density at radius 3 is 2.28 bits per heavy atom. The molecule has 0 radical (unpaired) electrons. The largest absolute Gasteiger partial charge is 0.464 e. The molecule has 0 fully saturated rings. The summed E-state index contributed by atoms with van der Waals surface area (Å²) in [5.74, 6) is 0.174. The van der Waals surface area contributed by atoms with Crippen LogP contribution in [0.25, 0.3) is 0 Å². The van der Waals surface area contributed by atoms with Crippen molar-refractivity contribution in [3.05, 3.63) is 35.9 Å². The maximum Gasteiger partial charge on any atom is 0.327 e. The molecule has 0 saturated carbocycles. The van der Waals surface area contributed by atoms with Crippen LogP contribution in [-0.4, -0.2) is 12.6 Å². The molecule has 0 aliphatic rings. The lowest BCUT2D eigenvalue weighted by Crippen LogP contribution is -2.24. The van der Waals surface area contributed by atoms with Crippen LogP contribution in [0.15, 0.2) is 30.3 Å². The van der Waals surface area contributed by atoms with Gasteiger partial charge in [0.05, 0.1) is 6.61 Å². The Morgan fingerprint density at radius 2 is 1.78 bits per heavy atom. The van der Waals surface area contributed by atoms with Crippen LogP contribution >= 0.6 is 24.8 Å². The SMILES string of the molecule is CC(C)CCOC(=O)C(N)c1ccccc1.Cl.Cl. The van der Waals surface area contributed by atoms with E-state index in [9.17, 15) is 4.79 Å². The van der Waals surface area contributed by atoms with E-state index in [1.54, 1.807) is 0 Å². The van der Waals surface area contributed by atoms with E-state index in [2.05, 4.69) is 13.8 Å². The van der Waals surface area contributed by atoms with Crippen LogP contribution in [0, 0.1) is 5.92 Å². The summed E-state index contributed by atoms with van der Waals surface area (Å²) in [7, 11) is 0. The number of benzene rings is 1. The van der Waals surface area contributed by atoms with Crippen LogP contribution in [-0.2, 0) is 9.53 Å². The smallest absolute Gasteiger partial charge is 0.327 e. The molecular weight excluding hydrogens is 273 g/mol. The van der Waals surface area contributed by atoms with Crippen molar-refractivity contribution in [1.82, 2.24) is 0 Å². The Bertz CT molecular complexity index is 331. The minimum Gasteiger partial charge on any atom is -0.464 e. The molecule has 1 aromatic rings. The van der Waals surface area contributed by atoms with E-state index >= 15 is 0 Å². The van der Waals surface area contributed by atoms with Crippen LogP contribution in [0.3, 0.4) is 0 Å². The highest BCUT2D eigenvalue weighted by Gasteiger charge is 2.16.